The van der Waals surface area contributed by atoms with Crippen molar-refractivity contribution in [1.29, 1.82) is 0 Å². The molecule has 0 saturated carbocycles. The van der Waals surface area contributed by atoms with Gasteiger partial charge < -0.3 is 52.3 Å². The number of allylic oxidation sites excluding steroid dienone is 1. The second-order valence-electron chi connectivity index (χ2n) is 18.7. The van der Waals surface area contributed by atoms with Gasteiger partial charge in [0.2, 0.25) is 0 Å². The Morgan fingerprint density at radius 3 is 2.06 bits per heavy atom. The SMILES string of the molecule is CC[C@H]1OC(=O)[C@H](C)[C@@H](O[C@H]2C[C@@](C)(OC)[C@@H](OC(C)=O)[C@H](C)O2)[C@H](C)[C@@H](O[C@@H]2O[C@H](C)C[C@H](N(C)C)[C@H]2OC(C)=O)[C@](C)(OC)C[C@@H](C)C(=O)C(C)=C[C@]1(C)OC(=O)n1ccnc1. The minimum atomic E-state index is -1.63. The molecule has 0 unspecified atom stereocenters. The molecule has 16 atom stereocenters. The van der Waals surface area contributed by atoms with Gasteiger partial charge >= 0.3 is 24.0 Å². The molecule has 18 heteroatoms. The molecule has 4 heterocycles. The van der Waals surface area contributed by atoms with Crippen LogP contribution in [0.25, 0.3) is 0 Å². The summed E-state index contributed by atoms with van der Waals surface area (Å²) in [6.45, 7) is 20.2. The summed E-state index contributed by atoms with van der Waals surface area (Å²) in [7, 11) is 6.80. The van der Waals surface area contributed by atoms with E-state index in [2.05, 4.69) is 4.98 Å². The van der Waals surface area contributed by atoms with Crippen LogP contribution >= 0.6 is 0 Å². The molecule has 0 N–H and O–H groups in total. The Bertz CT molecular complexity index is 1810. The Kier molecular flexibility index (Phi) is 17.9. The first-order valence-corrected chi connectivity index (χ1v) is 22.2. The van der Waals surface area contributed by atoms with Gasteiger partial charge in [0.25, 0.3) is 0 Å². The van der Waals surface area contributed by atoms with E-state index in [4.69, 9.17) is 47.4 Å². The summed E-state index contributed by atoms with van der Waals surface area (Å²) >= 11 is 0. The van der Waals surface area contributed by atoms with Crippen molar-refractivity contribution in [2.45, 2.75) is 187 Å². The first-order chi connectivity index (χ1) is 29.8. The number of likely N-dealkylation sites (N-methyl/N-ethyl adjacent to an activating group) is 1. The molecule has 4 rings (SSSR count). The Morgan fingerprint density at radius 2 is 1.52 bits per heavy atom. The van der Waals surface area contributed by atoms with E-state index in [0.717, 1.165) is 4.57 Å². The van der Waals surface area contributed by atoms with Crippen molar-refractivity contribution < 1.29 is 71.3 Å². The van der Waals surface area contributed by atoms with E-state index in [-0.39, 0.29) is 42.8 Å². The third-order valence-electron chi connectivity index (χ3n) is 13.1. The third kappa shape index (κ3) is 12.2. The lowest BCUT2D eigenvalue weighted by Gasteiger charge is -2.50. The lowest BCUT2D eigenvalue weighted by atomic mass is 9.76. The fourth-order valence-electron chi connectivity index (χ4n) is 9.64. The van der Waals surface area contributed by atoms with Crippen LogP contribution in [-0.2, 0) is 66.5 Å². The number of esters is 3. The normalized spacial score (nSPS) is 39.3. The van der Waals surface area contributed by atoms with Gasteiger partial charge in [0.15, 0.2) is 36.2 Å². The first kappa shape index (κ1) is 52.8. The highest BCUT2D eigenvalue weighted by Gasteiger charge is 2.54. The van der Waals surface area contributed by atoms with Crippen molar-refractivity contribution in [3.63, 3.8) is 0 Å². The number of carbonyl (C=O) groups is 5. The van der Waals surface area contributed by atoms with Crippen molar-refractivity contribution in [3.8, 4) is 0 Å². The van der Waals surface area contributed by atoms with Gasteiger partial charge in [-0.05, 0) is 93.5 Å². The standard InChI is InChI=1S/C46H73N3O15/c1-17-34-44(10,64-43(54)49-19-18-47-24-49)21-25(2)36(52)26(3)22-45(11,55-15)39(63-42-38(59-31(8)50)33(48(13)14)20-27(4)57-42)28(5)37(29(6)41(53)61-34)62-35-23-46(12,56-16)40(30(7)58-35)60-32(9)51/h18-19,21,24,26-30,33-35,37-40,42H,17,20,22-23H2,1-16H3/t26-,27-,28+,29-,30+,33+,34-,35+,37+,38-,39-,40+,42+,44+,45-,46-/m1/s1. The number of imidazole rings is 1. The maximum absolute atomic E-state index is 14.8. The summed E-state index contributed by atoms with van der Waals surface area (Å²) in [5, 5.41) is 0. The van der Waals surface area contributed by atoms with Crippen molar-refractivity contribution in [2.24, 2.45) is 17.8 Å². The van der Waals surface area contributed by atoms with Crippen LogP contribution in [-0.4, -0.2) is 151 Å². The molecule has 362 valence electrons. The Balaban J connectivity index is 1.93. The zero-order valence-corrected chi connectivity index (χ0v) is 40.6. The van der Waals surface area contributed by atoms with E-state index < -0.39 is 108 Å². The van der Waals surface area contributed by atoms with Crippen LogP contribution in [0.15, 0.2) is 30.4 Å². The molecule has 0 aromatic carbocycles. The van der Waals surface area contributed by atoms with Crippen LogP contribution in [0.1, 0.15) is 109 Å². The quantitative estimate of drug-likeness (QED) is 0.201. The maximum Gasteiger partial charge on any atom is 0.420 e. The van der Waals surface area contributed by atoms with E-state index in [0.29, 0.717) is 6.42 Å². The van der Waals surface area contributed by atoms with Gasteiger partial charge in [-0.3, -0.25) is 19.2 Å². The number of Topliss-reactive ketones (excluding diaryl/α,β-unsaturated/α-hetero) is 1. The lowest BCUT2D eigenvalue weighted by Crippen LogP contribution is -2.61. The molecule has 0 bridgehead atoms. The molecule has 3 aliphatic heterocycles. The third-order valence-corrected chi connectivity index (χ3v) is 13.1. The molecule has 2 saturated heterocycles. The molecule has 0 aliphatic carbocycles. The van der Waals surface area contributed by atoms with Gasteiger partial charge in [-0.2, -0.15) is 0 Å². The van der Waals surface area contributed by atoms with Crippen molar-refractivity contribution in [3.05, 3.63) is 30.4 Å². The Morgan fingerprint density at radius 1 is 0.891 bits per heavy atom. The fraction of sp³-hybridized carbons (Fsp3) is 0.783. The van der Waals surface area contributed by atoms with Crippen LogP contribution < -0.4 is 0 Å². The minimum absolute atomic E-state index is 0.0849. The molecule has 1 aromatic heterocycles. The summed E-state index contributed by atoms with van der Waals surface area (Å²) in [5.41, 5.74) is -3.75. The van der Waals surface area contributed by atoms with Crippen LogP contribution in [0.5, 0.6) is 0 Å². The van der Waals surface area contributed by atoms with Crippen molar-refractivity contribution in [2.75, 3.05) is 28.3 Å². The van der Waals surface area contributed by atoms with Gasteiger partial charge in [0, 0.05) is 58.7 Å². The Labute approximate surface area is 378 Å². The fourth-order valence-corrected chi connectivity index (χ4v) is 9.64. The summed E-state index contributed by atoms with van der Waals surface area (Å²) in [6, 6.07) is -0.299. The number of hydrogen-bond acceptors (Lipinski definition) is 17. The minimum Gasteiger partial charge on any atom is -0.457 e. The molecule has 0 spiro atoms. The number of aromatic nitrogens is 2. The van der Waals surface area contributed by atoms with E-state index in [1.807, 2.05) is 39.8 Å². The number of nitrogens with zero attached hydrogens (tertiary/aromatic N) is 3. The Hall–Kier alpha value is -3.78. The number of rotatable bonds is 11. The van der Waals surface area contributed by atoms with E-state index in [1.165, 1.54) is 52.9 Å². The molecule has 3 aliphatic rings. The van der Waals surface area contributed by atoms with Gasteiger partial charge in [0.05, 0.1) is 42.0 Å². The first-order valence-electron chi connectivity index (χ1n) is 22.2. The molecule has 64 heavy (non-hydrogen) atoms. The molecule has 2 fully saturated rings. The van der Waals surface area contributed by atoms with Crippen LogP contribution in [0.4, 0.5) is 4.79 Å². The van der Waals surface area contributed by atoms with Crippen LogP contribution in [0, 0.1) is 17.8 Å². The number of hydrogen-bond donors (Lipinski definition) is 0. The molecule has 0 amide bonds. The van der Waals surface area contributed by atoms with E-state index in [9.17, 15) is 24.0 Å². The number of methoxy groups -OCH3 is 2. The second-order valence-corrected chi connectivity index (χ2v) is 18.7. The average Bonchev–Trinajstić information content (AvgIpc) is 3.77. The topological polar surface area (TPSA) is 199 Å². The molecule has 1 aromatic rings. The smallest absolute Gasteiger partial charge is 0.420 e. The lowest BCUT2D eigenvalue weighted by molar-refractivity contribution is -0.320. The largest absolute Gasteiger partial charge is 0.457 e. The highest BCUT2D eigenvalue weighted by atomic mass is 16.7. The van der Waals surface area contributed by atoms with E-state index >= 15 is 0 Å². The summed E-state index contributed by atoms with van der Waals surface area (Å²) in [6.07, 6.45) is -2.27. The number of ether oxygens (including phenoxy) is 10. The van der Waals surface area contributed by atoms with Crippen LogP contribution in [0.3, 0.4) is 0 Å². The van der Waals surface area contributed by atoms with E-state index in [1.54, 1.807) is 48.5 Å². The predicted octanol–water partition coefficient (Wildman–Crippen LogP) is 5.42. The number of carbonyl (C=O) groups excluding carboxylic acids is 5. The van der Waals surface area contributed by atoms with Gasteiger partial charge in [-0.15, -0.1) is 0 Å². The highest BCUT2D eigenvalue weighted by molar-refractivity contribution is 5.96. The summed E-state index contributed by atoms with van der Waals surface area (Å²) in [5.74, 6) is -4.59. The van der Waals surface area contributed by atoms with Gasteiger partial charge in [0.1, 0.15) is 18.0 Å². The summed E-state index contributed by atoms with van der Waals surface area (Å²) < 4.78 is 64.5. The molecular weight excluding hydrogens is 835 g/mol. The van der Waals surface area contributed by atoms with Gasteiger partial charge in [-0.1, -0.05) is 20.8 Å². The molecular formula is C46H73N3O15. The zero-order valence-electron chi connectivity index (χ0n) is 40.6. The number of ketones is 1. The number of cyclic esters (lactones) is 1. The monoisotopic (exact) mass is 908 g/mol. The summed E-state index contributed by atoms with van der Waals surface area (Å²) in [4.78, 5) is 73.6. The van der Waals surface area contributed by atoms with Gasteiger partial charge in [-0.25, -0.2) is 14.3 Å². The second kappa shape index (κ2) is 21.7. The molecule has 18 nitrogen and oxygen atoms in total. The predicted molar refractivity (Wildman–Crippen MR) is 231 cm³/mol. The highest BCUT2D eigenvalue weighted by Crippen LogP contribution is 2.42. The average molecular weight is 908 g/mol. The van der Waals surface area contributed by atoms with Crippen molar-refractivity contribution in [1.82, 2.24) is 14.5 Å². The van der Waals surface area contributed by atoms with Crippen molar-refractivity contribution >= 4 is 29.8 Å². The van der Waals surface area contributed by atoms with Crippen LogP contribution in [0.2, 0.25) is 0 Å². The zero-order chi connectivity index (χ0) is 48.1. The maximum atomic E-state index is 14.8. The molecule has 0 radical (unpaired) electrons.